The van der Waals surface area contributed by atoms with Gasteiger partial charge in [-0.1, -0.05) is 27.2 Å². The highest BCUT2D eigenvalue weighted by molar-refractivity contribution is 4.59. The van der Waals surface area contributed by atoms with Crippen LogP contribution in [0.5, 0.6) is 0 Å². The van der Waals surface area contributed by atoms with Gasteiger partial charge in [0.05, 0.1) is 0 Å². The van der Waals surface area contributed by atoms with Crippen LogP contribution >= 0.6 is 0 Å². The molecule has 12 heavy (non-hydrogen) atoms. The van der Waals surface area contributed by atoms with Crippen LogP contribution in [0.3, 0.4) is 0 Å². The van der Waals surface area contributed by atoms with Crippen molar-refractivity contribution in [1.29, 1.82) is 0 Å². The summed E-state index contributed by atoms with van der Waals surface area (Å²) in [5.41, 5.74) is 10.9. The van der Waals surface area contributed by atoms with Crippen molar-refractivity contribution in [1.82, 2.24) is 0 Å². The van der Waals surface area contributed by atoms with Crippen LogP contribution in [0.2, 0.25) is 0 Å². The molecule has 0 aromatic carbocycles. The molecule has 0 aliphatic rings. The second-order valence-electron chi connectivity index (χ2n) is 2.82. The third-order valence-electron chi connectivity index (χ3n) is 1.85. The number of nitrogens with two attached hydrogens (primary N) is 2. The summed E-state index contributed by atoms with van der Waals surface area (Å²) in [5, 5.41) is 0. The molecule has 0 aromatic heterocycles. The molecule has 0 aromatic rings. The van der Waals surface area contributed by atoms with E-state index in [0.29, 0.717) is 5.92 Å². The van der Waals surface area contributed by atoms with Crippen molar-refractivity contribution in [2.75, 3.05) is 13.1 Å². The Morgan fingerprint density at radius 2 is 1.67 bits per heavy atom. The first-order valence-electron chi connectivity index (χ1n) is 5.25. The molecule has 1 unspecified atom stereocenters. The summed E-state index contributed by atoms with van der Waals surface area (Å²) in [6.07, 6.45) is 4.84. The van der Waals surface area contributed by atoms with Gasteiger partial charge in [-0.15, -0.1) is 0 Å². The molecule has 1 atom stereocenters. The minimum atomic E-state index is 0.716. The Kier molecular flexibility index (Phi) is 16.3. The van der Waals surface area contributed by atoms with Crippen molar-refractivity contribution in [3.05, 3.63) is 0 Å². The van der Waals surface area contributed by atoms with Crippen LogP contribution in [-0.2, 0) is 0 Å². The summed E-state index contributed by atoms with van der Waals surface area (Å²) in [4.78, 5) is 0. The first kappa shape index (κ1) is 14.4. The molecule has 0 rings (SSSR count). The van der Waals surface area contributed by atoms with Gasteiger partial charge in [0.15, 0.2) is 0 Å². The summed E-state index contributed by atoms with van der Waals surface area (Å²) >= 11 is 0. The molecule has 0 amide bonds. The van der Waals surface area contributed by atoms with Gasteiger partial charge < -0.3 is 11.5 Å². The minimum Gasteiger partial charge on any atom is -0.330 e. The topological polar surface area (TPSA) is 52.0 Å². The fourth-order valence-electron chi connectivity index (χ4n) is 1.19. The van der Waals surface area contributed by atoms with Gasteiger partial charge in [0, 0.05) is 0 Å². The molecule has 0 aliphatic heterocycles. The minimum absolute atomic E-state index is 0.716. The van der Waals surface area contributed by atoms with Crippen LogP contribution in [0, 0.1) is 5.92 Å². The maximum atomic E-state index is 5.56. The lowest BCUT2D eigenvalue weighted by atomic mass is 9.98. The quantitative estimate of drug-likeness (QED) is 0.648. The molecule has 4 N–H and O–H groups in total. The van der Waals surface area contributed by atoms with E-state index >= 15 is 0 Å². The SMILES string of the molecule is CC.CCCC(CN)CCCN. The normalized spacial score (nSPS) is 11.8. The summed E-state index contributed by atoms with van der Waals surface area (Å²) in [7, 11) is 0. The van der Waals surface area contributed by atoms with Gasteiger partial charge in [-0.05, 0) is 38.3 Å². The van der Waals surface area contributed by atoms with E-state index in [1.807, 2.05) is 13.8 Å². The Hall–Kier alpha value is -0.0800. The zero-order valence-corrected chi connectivity index (χ0v) is 8.97. The van der Waals surface area contributed by atoms with Crippen molar-refractivity contribution < 1.29 is 0 Å². The van der Waals surface area contributed by atoms with Crippen molar-refractivity contribution >= 4 is 0 Å². The molecular weight excluding hydrogens is 148 g/mol. The average Bonchev–Trinajstić information content (AvgIpc) is 2.15. The van der Waals surface area contributed by atoms with Gasteiger partial charge >= 0.3 is 0 Å². The molecule has 0 heterocycles. The summed E-state index contributed by atoms with van der Waals surface area (Å²) < 4.78 is 0. The second kappa shape index (κ2) is 13.5. The maximum Gasteiger partial charge on any atom is -0.00489 e. The molecule has 0 fully saturated rings. The van der Waals surface area contributed by atoms with E-state index in [1.54, 1.807) is 0 Å². The van der Waals surface area contributed by atoms with E-state index in [4.69, 9.17) is 11.5 Å². The smallest absolute Gasteiger partial charge is 0.00489 e. The van der Waals surface area contributed by atoms with Gasteiger partial charge in [0.2, 0.25) is 0 Å². The number of hydrogen-bond donors (Lipinski definition) is 2. The van der Waals surface area contributed by atoms with Crippen molar-refractivity contribution in [3.8, 4) is 0 Å². The van der Waals surface area contributed by atoms with Gasteiger partial charge in [0.25, 0.3) is 0 Å². The lowest BCUT2D eigenvalue weighted by Crippen LogP contribution is -2.15. The van der Waals surface area contributed by atoms with Gasteiger partial charge in [0.1, 0.15) is 0 Å². The molecule has 0 saturated heterocycles. The van der Waals surface area contributed by atoms with Crippen molar-refractivity contribution in [2.45, 2.75) is 46.5 Å². The summed E-state index contributed by atoms with van der Waals surface area (Å²) in [6, 6.07) is 0. The van der Waals surface area contributed by atoms with E-state index in [2.05, 4.69) is 6.92 Å². The molecular formula is C10H26N2. The highest BCUT2D eigenvalue weighted by Gasteiger charge is 2.02. The lowest BCUT2D eigenvalue weighted by molar-refractivity contribution is 0.444. The summed E-state index contributed by atoms with van der Waals surface area (Å²) in [5.74, 6) is 0.716. The highest BCUT2D eigenvalue weighted by atomic mass is 14.6. The van der Waals surface area contributed by atoms with Crippen molar-refractivity contribution in [3.63, 3.8) is 0 Å². The van der Waals surface area contributed by atoms with Gasteiger partial charge in [-0.2, -0.15) is 0 Å². The number of hydrogen-bond acceptors (Lipinski definition) is 2. The molecule has 76 valence electrons. The molecule has 0 radical (unpaired) electrons. The lowest BCUT2D eigenvalue weighted by Gasteiger charge is -2.11. The summed E-state index contributed by atoms with van der Waals surface area (Å²) in [6.45, 7) is 7.83. The molecule has 0 aliphatic carbocycles. The predicted molar refractivity (Wildman–Crippen MR) is 57.1 cm³/mol. The first-order valence-corrected chi connectivity index (χ1v) is 5.25. The molecule has 0 bridgehead atoms. The number of rotatable bonds is 6. The largest absolute Gasteiger partial charge is 0.330 e. The van der Waals surface area contributed by atoms with Gasteiger partial charge in [-0.25, -0.2) is 0 Å². The standard InChI is InChI=1S/C8H20N2.C2H6/c1-2-4-8(7-10)5-3-6-9;1-2/h8H,2-7,9-10H2,1H3;1-2H3. The fourth-order valence-corrected chi connectivity index (χ4v) is 1.19. The van der Waals surface area contributed by atoms with Crippen LogP contribution in [0.25, 0.3) is 0 Å². The second-order valence-corrected chi connectivity index (χ2v) is 2.82. The van der Waals surface area contributed by atoms with E-state index in [1.165, 1.54) is 19.3 Å². The molecule has 2 nitrogen and oxygen atoms in total. The van der Waals surface area contributed by atoms with E-state index < -0.39 is 0 Å². The van der Waals surface area contributed by atoms with Crippen LogP contribution in [0.15, 0.2) is 0 Å². The van der Waals surface area contributed by atoms with E-state index in [-0.39, 0.29) is 0 Å². The van der Waals surface area contributed by atoms with Gasteiger partial charge in [-0.3, -0.25) is 0 Å². The Morgan fingerprint density at radius 3 is 2.00 bits per heavy atom. The zero-order valence-electron chi connectivity index (χ0n) is 8.97. The zero-order chi connectivity index (χ0) is 9.82. The average molecular weight is 174 g/mol. The van der Waals surface area contributed by atoms with Crippen LogP contribution in [-0.4, -0.2) is 13.1 Å². The third-order valence-corrected chi connectivity index (χ3v) is 1.85. The van der Waals surface area contributed by atoms with Crippen molar-refractivity contribution in [2.24, 2.45) is 17.4 Å². The Balaban J connectivity index is 0. The molecule has 2 heteroatoms. The molecule has 0 spiro atoms. The van der Waals surface area contributed by atoms with E-state index in [9.17, 15) is 0 Å². The Bertz CT molecular complexity index is 64.9. The monoisotopic (exact) mass is 174 g/mol. The van der Waals surface area contributed by atoms with Crippen LogP contribution < -0.4 is 11.5 Å². The highest BCUT2D eigenvalue weighted by Crippen LogP contribution is 2.10. The fraction of sp³-hybridized carbons (Fsp3) is 1.00. The van der Waals surface area contributed by atoms with Crippen LogP contribution in [0.4, 0.5) is 0 Å². The van der Waals surface area contributed by atoms with E-state index in [0.717, 1.165) is 19.5 Å². The predicted octanol–water partition coefficient (Wildman–Crippen LogP) is 2.13. The Labute approximate surface area is 77.7 Å². The van der Waals surface area contributed by atoms with Crippen LogP contribution in [0.1, 0.15) is 46.5 Å². The first-order chi connectivity index (χ1) is 5.85. The molecule has 0 saturated carbocycles. The third kappa shape index (κ3) is 9.92. The maximum absolute atomic E-state index is 5.56. The Morgan fingerprint density at radius 1 is 1.08 bits per heavy atom.